The maximum atomic E-state index is 14.0. The van der Waals surface area contributed by atoms with Crippen molar-refractivity contribution in [3.05, 3.63) is 46.8 Å². The summed E-state index contributed by atoms with van der Waals surface area (Å²) in [6.07, 6.45) is 4.49. The molecule has 2 rings (SSSR count). The van der Waals surface area contributed by atoms with Crippen molar-refractivity contribution < 1.29 is 14.3 Å². The summed E-state index contributed by atoms with van der Waals surface area (Å²) in [5.74, 6) is 0.0156. The van der Waals surface area contributed by atoms with Crippen LogP contribution >= 0.6 is 0 Å². The normalized spacial score (nSPS) is 15.9. The zero-order valence-electron chi connectivity index (χ0n) is 12.7. The highest BCUT2D eigenvalue weighted by molar-refractivity contribution is 5.84. The van der Waals surface area contributed by atoms with Crippen LogP contribution in [0.25, 0.3) is 5.57 Å². The molecule has 2 nitrogen and oxygen atoms in total. The van der Waals surface area contributed by atoms with Crippen LogP contribution in [-0.2, 0) is 10.2 Å². The van der Waals surface area contributed by atoms with Crippen molar-refractivity contribution in [2.45, 2.75) is 45.4 Å². The topological polar surface area (TPSA) is 37.3 Å². The van der Waals surface area contributed by atoms with E-state index in [9.17, 15) is 14.3 Å². The van der Waals surface area contributed by atoms with E-state index in [1.165, 1.54) is 0 Å². The van der Waals surface area contributed by atoms with E-state index in [1.54, 1.807) is 18.2 Å². The Morgan fingerprint density at radius 3 is 2.71 bits per heavy atom. The lowest BCUT2D eigenvalue weighted by atomic mass is 9.82. The molecular formula is C18H21FO2. The number of allylic oxidation sites excluding steroid dienone is 4. The van der Waals surface area contributed by atoms with Crippen molar-refractivity contribution >= 4 is 11.9 Å². The van der Waals surface area contributed by atoms with E-state index >= 15 is 0 Å². The Morgan fingerprint density at radius 2 is 2.10 bits per heavy atom. The molecule has 0 aliphatic heterocycles. The summed E-state index contributed by atoms with van der Waals surface area (Å²) in [4.78, 5) is 11.2. The summed E-state index contributed by atoms with van der Waals surface area (Å²) in [6.45, 7) is 5.55. The highest BCUT2D eigenvalue weighted by Gasteiger charge is 2.23. The van der Waals surface area contributed by atoms with Gasteiger partial charge in [0.15, 0.2) is 0 Å². The first-order valence-corrected chi connectivity index (χ1v) is 7.29. The Balaban J connectivity index is 2.57. The molecule has 1 N–H and O–H groups in total. The number of benzene rings is 1. The van der Waals surface area contributed by atoms with Crippen LogP contribution in [0.5, 0.6) is 5.75 Å². The lowest BCUT2D eigenvalue weighted by Gasteiger charge is -2.22. The van der Waals surface area contributed by atoms with Gasteiger partial charge in [-0.25, -0.2) is 4.39 Å². The minimum absolute atomic E-state index is 0.102. The van der Waals surface area contributed by atoms with Gasteiger partial charge in [-0.05, 0) is 55.5 Å². The van der Waals surface area contributed by atoms with E-state index in [-0.39, 0.29) is 11.6 Å². The third kappa shape index (κ3) is 2.92. The summed E-state index contributed by atoms with van der Waals surface area (Å²) in [5.41, 5.74) is 2.19. The Bertz CT molecular complexity index is 624. The monoisotopic (exact) mass is 288 g/mol. The Labute approximate surface area is 125 Å². The molecule has 1 aliphatic rings. The van der Waals surface area contributed by atoms with E-state index in [0.29, 0.717) is 30.4 Å². The Morgan fingerprint density at radius 1 is 1.38 bits per heavy atom. The van der Waals surface area contributed by atoms with Crippen LogP contribution in [0.3, 0.4) is 0 Å². The van der Waals surface area contributed by atoms with E-state index in [4.69, 9.17) is 0 Å². The second-order valence-corrected chi connectivity index (χ2v) is 5.96. The predicted molar refractivity (Wildman–Crippen MR) is 82.8 cm³/mol. The molecule has 112 valence electrons. The number of aldehydes is 1. The summed E-state index contributed by atoms with van der Waals surface area (Å²) in [6, 6.07) is 5.11. The molecule has 0 fully saturated rings. The Kier molecular flexibility index (Phi) is 4.31. The van der Waals surface area contributed by atoms with Gasteiger partial charge < -0.3 is 9.90 Å². The van der Waals surface area contributed by atoms with Crippen molar-refractivity contribution in [3.8, 4) is 5.75 Å². The smallest absolute Gasteiger partial charge is 0.129 e. The number of carbonyl (C=O) groups is 1. The lowest BCUT2D eigenvalue weighted by molar-refractivity contribution is -0.111. The molecule has 0 unspecified atom stereocenters. The third-order valence-corrected chi connectivity index (χ3v) is 4.04. The molecule has 0 saturated heterocycles. The first-order chi connectivity index (χ1) is 9.90. The number of rotatable bonds is 4. The highest BCUT2D eigenvalue weighted by Crippen LogP contribution is 2.39. The van der Waals surface area contributed by atoms with Crippen LogP contribution in [0.2, 0.25) is 0 Å². The molecule has 3 heteroatoms. The summed E-state index contributed by atoms with van der Waals surface area (Å²) in [7, 11) is 0. The van der Waals surface area contributed by atoms with Gasteiger partial charge in [0, 0.05) is 17.4 Å². The van der Waals surface area contributed by atoms with Gasteiger partial charge in [-0.3, -0.25) is 0 Å². The summed E-state index contributed by atoms with van der Waals surface area (Å²) < 4.78 is 14.0. The number of hydrogen-bond donors (Lipinski definition) is 1. The van der Waals surface area contributed by atoms with Crippen molar-refractivity contribution in [1.82, 2.24) is 0 Å². The molecule has 0 aromatic heterocycles. The molecule has 1 aromatic rings. The zero-order valence-corrected chi connectivity index (χ0v) is 12.7. The minimum atomic E-state index is -0.633. The van der Waals surface area contributed by atoms with E-state index in [0.717, 1.165) is 17.4 Å². The third-order valence-electron chi connectivity index (χ3n) is 4.04. The van der Waals surface area contributed by atoms with Crippen LogP contribution in [0, 0.1) is 0 Å². The summed E-state index contributed by atoms with van der Waals surface area (Å²) in [5, 5.41) is 10.2. The van der Waals surface area contributed by atoms with Gasteiger partial charge in [0.25, 0.3) is 0 Å². The fourth-order valence-electron chi connectivity index (χ4n) is 2.64. The van der Waals surface area contributed by atoms with Crippen molar-refractivity contribution in [1.29, 1.82) is 0 Å². The van der Waals surface area contributed by atoms with Gasteiger partial charge in [-0.2, -0.15) is 0 Å². The fourth-order valence-corrected chi connectivity index (χ4v) is 2.64. The molecule has 0 amide bonds. The molecule has 0 radical (unpaired) electrons. The molecule has 21 heavy (non-hydrogen) atoms. The maximum absolute atomic E-state index is 14.0. The number of hydrogen-bond acceptors (Lipinski definition) is 2. The minimum Gasteiger partial charge on any atom is -0.507 e. The second-order valence-electron chi connectivity index (χ2n) is 5.96. The van der Waals surface area contributed by atoms with Crippen LogP contribution < -0.4 is 0 Å². The quantitative estimate of drug-likeness (QED) is 0.817. The van der Waals surface area contributed by atoms with E-state index in [2.05, 4.69) is 0 Å². The SMILES string of the molecule is CCC1=C(F)CCC=C1c1cc(C(C)(C)C=O)ccc1O. The standard InChI is InChI=1S/C18H21FO2/c1-4-13-14(6-5-7-16(13)19)15-10-12(8-9-17(15)21)18(2,3)11-20/h6,8-11,21H,4-5,7H2,1-3H3. The van der Waals surface area contributed by atoms with Crippen LogP contribution in [0.4, 0.5) is 4.39 Å². The van der Waals surface area contributed by atoms with Gasteiger partial charge in [-0.1, -0.05) is 19.1 Å². The molecule has 1 aromatic carbocycles. The first-order valence-electron chi connectivity index (χ1n) is 7.29. The van der Waals surface area contributed by atoms with Gasteiger partial charge in [-0.15, -0.1) is 0 Å². The number of carbonyl (C=O) groups excluding carboxylic acids is 1. The molecule has 0 atom stereocenters. The van der Waals surface area contributed by atoms with Gasteiger partial charge in [0.05, 0.1) is 0 Å². The van der Waals surface area contributed by atoms with Gasteiger partial charge in [0.2, 0.25) is 0 Å². The molecular weight excluding hydrogens is 267 g/mol. The Hall–Kier alpha value is -1.90. The number of phenolic OH excluding ortho intramolecular Hbond substituents is 1. The second kappa shape index (κ2) is 5.84. The van der Waals surface area contributed by atoms with Crippen molar-refractivity contribution in [2.75, 3.05) is 0 Å². The fraction of sp³-hybridized carbons (Fsp3) is 0.389. The predicted octanol–water partition coefficient (Wildman–Crippen LogP) is 4.68. The molecule has 0 saturated carbocycles. The van der Waals surface area contributed by atoms with E-state index in [1.807, 2.05) is 26.8 Å². The average Bonchev–Trinajstić information content (AvgIpc) is 2.47. The highest BCUT2D eigenvalue weighted by atomic mass is 19.1. The molecule has 0 bridgehead atoms. The number of phenols is 1. The first kappa shape index (κ1) is 15.5. The van der Waals surface area contributed by atoms with Crippen molar-refractivity contribution in [2.24, 2.45) is 0 Å². The van der Waals surface area contributed by atoms with Crippen LogP contribution in [-0.4, -0.2) is 11.4 Å². The van der Waals surface area contributed by atoms with Gasteiger partial charge >= 0.3 is 0 Å². The van der Waals surface area contributed by atoms with Gasteiger partial charge in [0.1, 0.15) is 17.9 Å². The largest absolute Gasteiger partial charge is 0.507 e. The average molecular weight is 288 g/mol. The molecule has 0 heterocycles. The van der Waals surface area contributed by atoms with E-state index < -0.39 is 5.41 Å². The maximum Gasteiger partial charge on any atom is 0.129 e. The lowest BCUT2D eigenvalue weighted by Crippen LogP contribution is -2.18. The van der Waals surface area contributed by atoms with Crippen LogP contribution in [0.1, 0.15) is 51.2 Å². The number of halogens is 1. The summed E-state index contributed by atoms with van der Waals surface area (Å²) >= 11 is 0. The van der Waals surface area contributed by atoms with Crippen molar-refractivity contribution in [3.63, 3.8) is 0 Å². The number of aromatic hydroxyl groups is 1. The molecule has 1 aliphatic carbocycles. The molecule has 0 spiro atoms. The zero-order chi connectivity index (χ0) is 15.6. The van der Waals surface area contributed by atoms with Crippen LogP contribution in [0.15, 0.2) is 35.7 Å².